The number of nitriles is 1. The normalized spacial score (nSPS) is 16.2. The topological polar surface area (TPSA) is 52.4 Å². The fourth-order valence-electron chi connectivity index (χ4n) is 4.19. The molecule has 5 heteroatoms. The minimum atomic E-state index is 0.443. The van der Waals surface area contributed by atoms with E-state index >= 15 is 0 Å². The van der Waals surface area contributed by atoms with Gasteiger partial charge >= 0.3 is 0 Å². The predicted molar refractivity (Wildman–Crippen MR) is 121 cm³/mol. The summed E-state index contributed by atoms with van der Waals surface area (Å²) in [6, 6.07) is 12.9. The average Bonchev–Trinajstić information content (AvgIpc) is 2.78. The fourth-order valence-corrected chi connectivity index (χ4v) is 4.19. The van der Waals surface area contributed by atoms with Crippen molar-refractivity contribution < 1.29 is 4.74 Å². The van der Waals surface area contributed by atoms with Gasteiger partial charge in [-0.05, 0) is 42.7 Å². The van der Waals surface area contributed by atoms with E-state index in [1.165, 1.54) is 31.2 Å². The minimum absolute atomic E-state index is 0.443. The van der Waals surface area contributed by atoms with Gasteiger partial charge in [-0.1, -0.05) is 38.3 Å². The number of rotatable bonds is 10. The van der Waals surface area contributed by atoms with Crippen molar-refractivity contribution in [1.82, 2.24) is 14.8 Å². The van der Waals surface area contributed by atoms with Gasteiger partial charge in [-0.15, -0.1) is 0 Å². The highest BCUT2D eigenvalue weighted by molar-refractivity contribution is 5.40. The molecular formula is C25H34N4O. The Morgan fingerprint density at radius 2 is 1.87 bits per heavy atom. The van der Waals surface area contributed by atoms with Crippen LogP contribution in [0, 0.1) is 18.3 Å². The van der Waals surface area contributed by atoms with E-state index in [4.69, 9.17) is 4.74 Å². The lowest BCUT2D eigenvalue weighted by molar-refractivity contribution is 0.0817. The zero-order valence-corrected chi connectivity index (χ0v) is 18.4. The molecule has 1 aliphatic rings. The van der Waals surface area contributed by atoms with Crippen molar-refractivity contribution in [3.05, 3.63) is 59.4 Å². The number of aryl methyl sites for hydroxylation is 1. The third-order valence-corrected chi connectivity index (χ3v) is 6.01. The van der Waals surface area contributed by atoms with E-state index in [1.54, 1.807) is 12.4 Å². The van der Waals surface area contributed by atoms with Crippen molar-refractivity contribution in [2.45, 2.75) is 45.6 Å². The molecule has 160 valence electrons. The summed E-state index contributed by atoms with van der Waals surface area (Å²) in [6.07, 6.45) is 8.47. The molecule has 0 amide bonds. The highest BCUT2D eigenvalue weighted by Crippen LogP contribution is 2.29. The summed E-state index contributed by atoms with van der Waals surface area (Å²) in [7, 11) is 0. The lowest BCUT2D eigenvalue weighted by Crippen LogP contribution is -2.48. The summed E-state index contributed by atoms with van der Waals surface area (Å²) in [4.78, 5) is 9.15. The Balaban J connectivity index is 1.55. The molecule has 1 aromatic heterocycles. The molecule has 0 radical (unpaired) electrons. The lowest BCUT2D eigenvalue weighted by atomic mass is 9.95. The van der Waals surface area contributed by atoms with Crippen LogP contribution in [0.15, 0.2) is 42.7 Å². The highest BCUT2D eigenvalue weighted by atomic mass is 16.5. The highest BCUT2D eigenvalue weighted by Gasteiger charge is 2.25. The molecule has 2 aromatic rings. The molecule has 0 saturated carbocycles. The molecule has 1 aliphatic heterocycles. The number of benzene rings is 1. The monoisotopic (exact) mass is 406 g/mol. The van der Waals surface area contributed by atoms with Crippen LogP contribution in [-0.4, -0.2) is 54.1 Å². The number of ether oxygens (including phenoxy) is 1. The Hall–Kier alpha value is -2.42. The molecule has 1 saturated heterocycles. The Morgan fingerprint density at radius 3 is 2.53 bits per heavy atom. The van der Waals surface area contributed by atoms with E-state index < -0.39 is 0 Å². The molecule has 1 aromatic carbocycles. The van der Waals surface area contributed by atoms with Gasteiger partial charge in [0.05, 0.1) is 11.6 Å². The standard InChI is InChI=1S/C25H34N4O/c1-3-4-5-6-25(22-7-8-23(20-26)21(2)19-22)29-15-13-28(14-16-29)17-18-30-24-9-11-27-12-10-24/h7-12,19,25H,3-6,13-18H2,1-2H3. The summed E-state index contributed by atoms with van der Waals surface area (Å²) < 4.78 is 5.83. The van der Waals surface area contributed by atoms with E-state index in [0.29, 0.717) is 12.6 Å². The first-order chi connectivity index (χ1) is 14.7. The molecule has 0 N–H and O–H groups in total. The maximum Gasteiger partial charge on any atom is 0.122 e. The van der Waals surface area contributed by atoms with E-state index in [-0.39, 0.29) is 0 Å². The molecule has 2 heterocycles. The first-order valence-corrected chi connectivity index (χ1v) is 11.2. The van der Waals surface area contributed by atoms with Gasteiger partial charge in [0.2, 0.25) is 0 Å². The van der Waals surface area contributed by atoms with Crippen LogP contribution in [0.5, 0.6) is 5.75 Å². The molecule has 3 rings (SSSR count). The first kappa shape index (κ1) is 22.3. The van der Waals surface area contributed by atoms with Gasteiger partial charge < -0.3 is 4.74 Å². The van der Waals surface area contributed by atoms with Gasteiger partial charge in [0.15, 0.2) is 0 Å². The second-order valence-corrected chi connectivity index (χ2v) is 8.11. The molecule has 1 fully saturated rings. The molecule has 0 bridgehead atoms. The fraction of sp³-hybridized carbons (Fsp3) is 0.520. The number of nitrogens with zero attached hydrogens (tertiary/aromatic N) is 4. The third-order valence-electron chi connectivity index (χ3n) is 6.01. The van der Waals surface area contributed by atoms with Crippen LogP contribution in [0.25, 0.3) is 0 Å². The minimum Gasteiger partial charge on any atom is -0.492 e. The zero-order valence-electron chi connectivity index (χ0n) is 18.4. The summed E-state index contributed by atoms with van der Waals surface area (Å²) in [5.74, 6) is 0.885. The van der Waals surface area contributed by atoms with Crippen molar-refractivity contribution in [2.24, 2.45) is 0 Å². The second-order valence-electron chi connectivity index (χ2n) is 8.11. The third kappa shape index (κ3) is 6.29. The second kappa shape index (κ2) is 11.7. The predicted octanol–water partition coefficient (Wildman–Crippen LogP) is 4.58. The van der Waals surface area contributed by atoms with Gasteiger partial charge in [0, 0.05) is 51.2 Å². The maximum absolute atomic E-state index is 9.26. The summed E-state index contributed by atoms with van der Waals surface area (Å²) in [5.41, 5.74) is 3.23. The molecule has 1 unspecified atom stereocenters. The van der Waals surface area contributed by atoms with Crippen molar-refractivity contribution in [2.75, 3.05) is 39.3 Å². The van der Waals surface area contributed by atoms with Gasteiger partial charge in [0.25, 0.3) is 0 Å². The number of unbranched alkanes of at least 4 members (excludes halogenated alkanes) is 2. The smallest absolute Gasteiger partial charge is 0.122 e. The maximum atomic E-state index is 9.26. The lowest BCUT2D eigenvalue weighted by Gasteiger charge is -2.39. The quantitative estimate of drug-likeness (QED) is 0.541. The van der Waals surface area contributed by atoms with Crippen LogP contribution < -0.4 is 4.74 Å². The van der Waals surface area contributed by atoms with Crippen molar-refractivity contribution in [3.8, 4) is 11.8 Å². The van der Waals surface area contributed by atoms with Crippen LogP contribution >= 0.6 is 0 Å². The Bertz CT molecular complexity index is 810. The molecule has 0 spiro atoms. The van der Waals surface area contributed by atoms with Crippen LogP contribution in [0.1, 0.15) is 55.3 Å². The molecule has 5 nitrogen and oxygen atoms in total. The van der Waals surface area contributed by atoms with Crippen LogP contribution in [0.4, 0.5) is 0 Å². The number of hydrogen-bond donors (Lipinski definition) is 0. The summed E-state index contributed by atoms with van der Waals surface area (Å²) in [6.45, 7) is 10.2. The Morgan fingerprint density at radius 1 is 1.10 bits per heavy atom. The molecule has 0 aliphatic carbocycles. The molecule has 30 heavy (non-hydrogen) atoms. The van der Waals surface area contributed by atoms with E-state index in [2.05, 4.69) is 39.9 Å². The molecular weight excluding hydrogens is 372 g/mol. The summed E-state index contributed by atoms with van der Waals surface area (Å²) >= 11 is 0. The first-order valence-electron chi connectivity index (χ1n) is 11.2. The van der Waals surface area contributed by atoms with Crippen molar-refractivity contribution in [1.29, 1.82) is 5.26 Å². The largest absolute Gasteiger partial charge is 0.492 e. The number of pyridine rings is 1. The Kier molecular flexibility index (Phi) is 8.67. The van der Waals surface area contributed by atoms with Gasteiger partial charge in [0.1, 0.15) is 12.4 Å². The van der Waals surface area contributed by atoms with Crippen LogP contribution in [-0.2, 0) is 0 Å². The number of hydrogen-bond acceptors (Lipinski definition) is 5. The van der Waals surface area contributed by atoms with Gasteiger partial charge in [-0.2, -0.15) is 5.26 Å². The number of aromatic nitrogens is 1. The van der Waals surface area contributed by atoms with E-state index in [9.17, 15) is 5.26 Å². The van der Waals surface area contributed by atoms with Crippen LogP contribution in [0.3, 0.4) is 0 Å². The Labute approximate surface area is 181 Å². The number of piperazine rings is 1. The van der Waals surface area contributed by atoms with Gasteiger partial charge in [-0.3, -0.25) is 14.8 Å². The molecule has 1 atom stereocenters. The van der Waals surface area contributed by atoms with Crippen molar-refractivity contribution >= 4 is 0 Å². The van der Waals surface area contributed by atoms with Gasteiger partial charge in [-0.25, -0.2) is 0 Å². The van der Waals surface area contributed by atoms with E-state index in [0.717, 1.165) is 49.6 Å². The summed E-state index contributed by atoms with van der Waals surface area (Å²) in [5, 5.41) is 9.26. The van der Waals surface area contributed by atoms with Crippen LogP contribution in [0.2, 0.25) is 0 Å². The van der Waals surface area contributed by atoms with Crippen molar-refractivity contribution in [3.63, 3.8) is 0 Å². The zero-order chi connectivity index (χ0) is 21.2. The SMILES string of the molecule is CCCCCC(c1ccc(C#N)c(C)c1)N1CCN(CCOc2ccncc2)CC1. The average molecular weight is 407 g/mol. The van der Waals surface area contributed by atoms with E-state index in [1.807, 2.05) is 25.1 Å².